The largest absolute Gasteiger partial charge is 0.482 e. The highest BCUT2D eigenvalue weighted by atomic mass is 35.5. The molecule has 0 saturated heterocycles. The number of carbonyl (C=O) groups excluding carboxylic acids is 1. The van der Waals surface area contributed by atoms with Crippen molar-refractivity contribution in [2.24, 2.45) is 0 Å². The molecule has 3 rings (SSSR count). The van der Waals surface area contributed by atoms with Gasteiger partial charge in [-0.15, -0.1) is 10.2 Å². The lowest BCUT2D eigenvalue weighted by atomic mass is 10.3. The first kappa shape index (κ1) is 17.2. The van der Waals surface area contributed by atoms with Crippen LogP contribution in [0, 0.1) is 0 Å². The molecule has 0 unspecified atom stereocenters. The van der Waals surface area contributed by atoms with Gasteiger partial charge in [-0.1, -0.05) is 23.2 Å². The van der Waals surface area contributed by atoms with E-state index in [9.17, 15) is 4.79 Å². The smallest absolute Gasteiger partial charge is 0.258 e. The molecule has 0 aliphatic carbocycles. The van der Waals surface area contributed by atoms with Gasteiger partial charge in [0.1, 0.15) is 5.75 Å². The Bertz CT molecular complexity index is 871. The van der Waals surface area contributed by atoms with Crippen molar-refractivity contribution in [3.05, 3.63) is 58.7 Å². The second-order valence-electron chi connectivity index (χ2n) is 4.88. The van der Waals surface area contributed by atoms with Crippen LogP contribution in [0.4, 0.5) is 0 Å². The summed E-state index contributed by atoms with van der Waals surface area (Å²) in [4.78, 5) is 15.8. The Hall–Kier alpha value is -2.64. The molecule has 0 saturated carbocycles. The highest BCUT2D eigenvalue weighted by Gasteiger charge is 2.11. The summed E-state index contributed by atoms with van der Waals surface area (Å²) in [7, 11) is 0. The van der Waals surface area contributed by atoms with Gasteiger partial charge in [0.05, 0.1) is 17.1 Å². The quantitative estimate of drug-likeness (QED) is 0.708. The summed E-state index contributed by atoms with van der Waals surface area (Å²) in [6, 6.07) is 8.32. The molecule has 0 spiro atoms. The Balaban J connectivity index is 1.50. The van der Waals surface area contributed by atoms with Gasteiger partial charge in [-0.05, 0) is 30.3 Å². The second kappa shape index (κ2) is 7.96. The highest BCUT2D eigenvalue weighted by Crippen LogP contribution is 2.27. The summed E-state index contributed by atoms with van der Waals surface area (Å²) < 4.78 is 10.8. The standard InChI is InChI=1S/C16H12Cl2N4O3/c17-11-3-4-13(12(18)6-11)24-9-14(23)20-8-15-21-22-16(25-15)10-2-1-5-19-7-10/h1-7H,8-9H2,(H,20,23). The van der Waals surface area contributed by atoms with Crippen LogP contribution >= 0.6 is 23.2 Å². The normalized spacial score (nSPS) is 10.5. The van der Waals surface area contributed by atoms with Gasteiger partial charge in [0.2, 0.25) is 11.8 Å². The van der Waals surface area contributed by atoms with Crippen molar-refractivity contribution in [2.75, 3.05) is 6.61 Å². The molecule has 0 aliphatic rings. The molecule has 0 aliphatic heterocycles. The molecule has 1 amide bonds. The molecule has 2 aromatic heterocycles. The molecule has 1 N–H and O–H groups in total. The van der Waals surface area contributed by atoms with Gasteiger partial charge in [0.25, 0.3) is 5.91 Å². The monoisotopic (exact) mass is 378 g/mol. The second-order valence-corrected chi connectivity index (χ2v) is 5.73. The molecular weight excluding hydrogens is 367 g/mol. The number of nitrogens with one attached hydrogen (secondary N) is 1. The first-order valence-corrected chi connectivity index (χ1v) is 7.95. The minimum Gasteiger partial charge on any atom is -0.482 e. The molecule has 128 valence electrons. The molecule has 9 heteroatoms. The Labute approximate surface area is 152 Å². The van der Waals surface area contributed by atoms with Crippen LogP contribution in [0.2, 0.25) is 10.0 Å². The fourth-order valence-electron chi connectivity index (χ4n) is 1.89. The van der Waals surface area contributed by atoms with E-state index in [-0.39, 0.29) is 24.9 Å². The fraction of sp³-hybridized carbons (Fsp3) is 0.125. The number of nitrogens with zero attached hydrogens (tertiary/aromatic N) is 3. The molecule has 0 atom stereocenters. The summed E-state index contributed by atoms with van der Waals surface area (Å²) in [6.45, 7) is -0.116. The Morgan fingerprint density at radius 3 is 2.88 bits per heavy atom. The van der Waals surface area contributed by atoms with Crippen molar-refractivity contribution in [3.8, 4) is 17.2 Å². The van der Waals surface area contributed by atoms with E-state index in [0.717, 1.165) is 0 Å². The van der Waals surface area contributed by atoms with Crippen LogP contribution in [0.5, 0.6) is 5.75 Å². The van der Waals surface area contributed by atoms with Crippen LogP contribution in [0.1, 0.15) is 5.89 Å². The number of hydrogen-bond donors (Lipinski definition) is 1. The van der Waals surface area contributed by atoms with Crippen LogP contribution in [0.3, 0.4) is 0 Å². The number of rotatable bonds is 6. The maximum absolute atomic E-state index is 11.8. The molecule has 7 nitrogen and oxygen atoms in total. The zero-order chi connectivity index (χ0) is 17.6. The first-order chi connectivity index (χ1) is 12.1. The number of pyridine rings is 1. The SMILES string of the molecule is O=C(COc1ccc(Cl)cc1Cl)NCc1nnc(-c2cccnc2)o1. The van der Waals surface area contributed by atoms with Gasteiger partial charge < -0.3 is 14.5 Å². The minimum atomic E-state index is -0.354. The minimum absolute atomic E-state index is 0.0871. The van der Waals surface area contributed by atoms with Crippen LogP contribution in [0.25, 0.3) is 11.5 Å². The predicted molar refractivity (Wildman–Crippen MR) is 91.3 cm³/mol. The maximum atomic E-state index is 11.8. The fourth-order valence-corrected chi connectivity index (χ4v) is 2.35. The van der Waals surface area contributed by atoms with Crippen molar-refractivity contribution in [1.29, 1.82) is 0 Å². The summed E-state index contributed by atoms with van der Waals surface area (Å²) in [6.07, 6.45) is 3.26. The van der Waals surface area contributed by atoms with Crippen molar-refractivity contribution < 1.29 is 13.9 Å². The lowest BCUT2D eigenvalue weighted by molar-refractivity contribution is -0.123. The molecule has 2 heterocycles. The molecular formula is C16H12Cl2N4O3. The van der Waals surface area contributed by atoms with Gasteiger partial charge in [-0.3, -0.25) is 9.78 Å². The van der Waals surface area contributed by atoms with Gasteiger partial charge >= 0.3 is 0 Å². The topological polar surface area (TPSA) is 90.1 Å². The summed E-state index contributed by atoms with van der Waals surface area (Å²) in [5.41, 5.74) is 0.702. The molecule has 3 aromatic rings. The number of aromatic nitrogens is 3. The van der Waals surface area contributed by atoms with Crippen molar-refractivity contribution in [1.82, 2.24) is 20.5 Å². The molecule has 0 fully saturated rings. The first-order valence-electron chi connectivity index (χ1n) is 7.19. The van der Waals surface area contributed by atoms with E-state index in [4.69, 9.17) is 32.4 Å². The van der Waals surface area contributed by atoms with E-state index in [1.54, 1.807) is 36.7 Å². The molecule has 0 bridgehead atoms. The molecule has 25 heavy (non-hydrogen) atoms. The summed E-state index contributed by atoms with van der Waals surface area (Å²) in [5.74, 6) is 0.628. The van der Waals surface area contributed by atoms with Gasteiger partial charge in [0.15, 0.2) is 6.61 Å². The van der Waals surface area contributed by atoms with Crippen molar-refractivity contribution >= 4 is 29.1 Å². The third kappa shape index (κ3) is 4.68. The van der Waals surface area contributed by atoms with Gasteiger partial charge in [-0.2, -0.15) is 0 Å². The number of ether oxygens (including phenoxy) is 1. The number of amides is 1. The van der Waals surface area contributed by atoms with E-state index in [1.807, 2.05) is 0 Å². The average Bonchev–Trinajstić information content (AvgIpc) is 3.09. The average molecular weight is 379 g/mol. The Morgan fingerprint density at radius 1 is 1.24 bits per heavy atom. The predicted octanol–water partition coefficient (Wildman–Crippen LogP) is 3.13. The molecule has 0 radical (unpaired) electrons. The molecule has 1 aromatic carbocycles. The van der Waals surface area contributed by atoms with Crippen LogP contribution in [-0.2, 0) is 11.3 Å². The maximum Gasteiger partial charge on any atom is 0.258 e. The summed E-state index contributed by atoms with van der Waals surface area (Å²) >= 11 is 11.8. The van der Waals surface area contributed by atoms with E-state index >= 15 is 0 Å². The number of hydrogen-bond acceptors (Lipinski definition) is 6. The van der Waals surface area contributed by atoms with E-state index < -0.39 is 0 Å². The number of benzene rings is 1. The third-order valence-corrected chi connectivity index (χ3v) is 3.60. The van der Waals surface area contributed by atoms with Crippen LogP contribution in [-0.4, -0.2) is 27.7 Å². The van der Waals surface area contributed by atoms with E-state index in [1.165, 1.54) is 6.07 Å². The summed E-state index contributed by atoms with van der Waals surface area (Å²) in [5, 5.41) is 11.2. The lowest BCUT2D eigenvalue weighted by Crippen LogP contribution is -2.28. The van der Waals surface area contributed by atoms with Gasteiger partial charge in [0, 0.05) is 17.4 Å². The van der Waals surface area contributed by atoms with Crippen molar-refractivity contribution in [2.45, 2.75) is 6.54 Å². The number of halogens is 2. The Morgan fingerprint density at radius 2 is 2.12 bits per heavy atom. The Kier molecular flexibility index (Phi) is 5.47. The zero-order valence-electron chi connectivity index (χ0n) is 12.8. The van der Waals surface area contributed by atoms with Crippen LogP contribution in [0.15, 0.2) is 47.1 Å². The lowest BCUT2D eigenvalue weighted by Gasteiger charge is -2.08. The van der Waals surface area contributed by atoms with Crippen molar-refractivity contribution in [3.63, 3.8) is 0 Å². The van der Waals surface area contributed by atoms with Gasteiger partial charge in [-0.25, -0.2) is 0 Å². The zero-order valence-corrected chi connectivity index (χ0v) is 14.3. The third-order valence-electron chi connectivity index (χ3n) is 3.06. The number of carbonyl (C=O) groups is 1. The van der Waals surface area contributed by atoms with E-state index in [0.29, 0.717) is 27.2 Å². The highest BCUT2D eigenvalue weighted by molar-refractivity contribution is 6.35. The van der Waals surface area contributed by atoms with E-state index in [2.05, 4.69) is 20.5 Å². The van der Waals surface area contributed by atoms with Crippen LogP contribution < -0.4 is 10.1 Å².